The number of nitrogens with zero attached hydrogens (tertiary/aromatic N) is 4. The van der Waals surface area contributed by atoms with Crippen LogP contribution in [0, 0.1) is 0 Å². The van der Waals surface area contributed by atoms with E-state index in [0.29, 0.717) is 28.9 Å². The molecule has 0 N–H and O–H groups in total. The highest BCUT2D eigenvalue weighted by Gasteiger charge is 2.15. The van der Waals surface area contributed by atoms with Crippen molar-refractivity contribution in [3.8, 4) is 56.7 Å². The molecule has 51 heavy (non-hydrogen) atoms. The number of rotatable bonds is 5. The van der Waals surface area contributed by atoms with Gasteiger partial charge in [-0.05, 0) is 79.8 Å². The Balaban J connectivity index is 1.00. The van der Waals surface area contributed by atoms with Gasteiger partial charge >= 0.3 is 0 Å². The molecule has 0 radical (unpaired) electrons. The van der Waals surface area contributed by atoms with Crippen molar-refractivity contribution in [2.45, 2.75) is 0 Å². The predicted octanol–water partition coefficient (Wildman–Crippen LogP) is 11.8. The maximum atomic E-state index is 6.26. The average molecular weight is 653 g/mol. The summed E-state index contributed by atoms with van der Waals surface area (Å²) in [5.41, 5.74) is 7.34. The van der Waals surface area contributed by atoms with Gasteiger partial charge in [0.15, 0.2) is 23.1 Å². The van der Waals surface area contributed by atoms with Crippen molar-refractivity contribution < 1.29 is 4.42 Å². The zero-order valence-corrected chi connectivity index (χ0v) is 27.4. The first-order valence-electron chi connectivity index (χ1n) is 17.0. The quantitative estimate of drug-likeness (QED) is 0.173. The van der Waals surface area contributed by atoms with Crippen molar-refractivity contribution in [1.82, 2.24) is 19.9 Å². The van der Waals surface area contributed by atoms with Crippen LogP contribution >= 0.6 is 0 Å². The highest BCUT2D eigenvalue weighted by molar-refractivity contribution is 6.25. The molecule has 0 aliphatic carbocycles. The molecule has 2 aromatic heterocycles. The first kappa shape index (κ1) is 29.0. The van der Waals surface area contributed by atoms with Crippen molar-refractivity contribution in [1.29, 1.82) is 0 Å². The minimum atomic E-state index is 0.565. The Kier molecular flexibility index (Phi) is 6.74. The summed E-state index contributed by atoms with van der Waals surface area (Å²) in [5, 5.41) is 7.61. The Bertz CT molecular complexity index is 2810. The molecule has 0 unspecified atom stereocenters. The zero-order chi connectivity index (χ0) is 33.7. The monoisotopic (exact) mass is 652 g/mol. The lowest BCUT2D eigenvalue weighted by Crippen LogP contribution is -2.00. The van der Waals surface area contributed by atoms with Crippen molar-refractivity contribution in [3.05, 3.63) is 170 Å². The fourth-order valence-corrected chi connectivity index (χ4v) is 7.02. The van der Waals surface area contributed by atoms with Gasteiger partial charge in [0.2, 0.25) is 5.89 Å². The minimum Gasteiger partial charge on any atom is -0.436 e. The van der Waals surface area contributed by atoms with Gasteiger partial charge in [0, 0.05) is 22.3 Å². The second-order valence-corrected chi connectivity index (χ2v) is 12.7. The number of aromatic nitrogens is 4. The smallest absolute Gasteiger partial charge is 0.227 e. The Hall–Kier alpha value is -6.98. The molecule has 10 rings (SSSR count). The molecule has 0 aliphatic heterocycles. The minimum absolute atomic E-state index is 0.565. The molecule has 0 amide bonds. The summed E-state index contributed by atoms with van der Waals surface area (Å²) >= 11 is 0. The van der Waals surface area contributed by atoms with E-state index in [0.717, 1.165) is 33.3 Å². The van der Waals surface area contributed by atoms with Gasteiger partial charge in [0.05, 0.1) is 0 Å². The number of oxazole rings is 1. The van der Waals surface area contributed by atoms with Gasteiger partial charge in [0.25, 0.3) is 0 Å². The third-order valence-electron chi connectivity index (χ3n) is 9.55. The van der Waals surface area contributed by atoms with E-state index in [4.69, 9.17) is 24.4 Å². The number of hydrogen-bond acceptors (Lipinski definition) is 5. The summed E-state index contributed by atoms with van der Waals surface area (Å²) in [5.74, 6) is 2.38. The lowest BCUT2D eigenvalue weighted by molar-refractivity contribution is 0.620. The normalized spacial score (nSPS) is 11.5. The SMILES string of the molecule is c1ccc(-c2nc(-c3ccccc3)nc(-c3ccc4oc(-c5ccc(-c6ccc7c8ccccc8c8ccccc8c7c6)cc5)nc4c3)n2)cc1. The Labute approximate surface area is 293 Å². The third-order valence-corrected chi connectivity index (χ3v) is 9.55. The Morgan fingerprint density at radius 3 is 1.33 bits per heavy atom. The maximum absolute atomic E-state index is 6.26. The average Bonchev–Trinajstić information content (AvgIpc) is 3.65. The first-order chi connectivity index (χ1) is 25.2. The number of hydrogen-bond donors (Lipinski definition) is 0. The van der Waals surface area contributed by atoms with Crippen LogP contribution in [-0.4, -0.2) is 19.9 Å². The van der Waals surface area contributed by atoms with Crippen LogP contribution in [0.1, 0.15) is 0 Å². The summed E-state index contributed by atoms with van der Waals surface area (Å²) in [4.78, 5) is 19.5. The lowest BCUT2D eigenvalue weighted by Gasteiger charge is -2.12. The van der Waals surface area contributed by atoms with E-state index in [9.17, 15) is 0 Å². The molecule has 10 aromatic rings. The van der Waals surface area contributed by atoms with Crippen LogP contribution < -0.4 is 0 Å². The van der Waals surface area contributed by atoms with Crippen LogP contribution in [-0.2, 0) is 0 Å². The molecule has 0 aliphatic rings. The molecule has 0 bridgehead atoms. The largest absolute Gasteiger partial charge is 0.436 e. The van der Waals surface area contributed by atoms with Crippen LogP contribution in [0.4, 0.5) is 0 Å². The van der Waals surface area contributed by atoms with E-state index in [1.54, 1.807) is 0 Å². The Morgan fingerprint density at radius 2 is 0.745 bits per heavy atom. The molecule has 8 aromatic carbocycles. The molecule has 238 valence electrons. The molecular weight excluding hydrogens is 625 g/mol. The lowest BCUT2D eigenvalue weighted by atomic mass is 9.92. The van der Waals surface area contributed by atoms with Crippen LogP contribution in [0.15, 0.2) is 174 Å². The molecule has 0 fully saturated rings. The van der Waals surface area contributed by atoms with E-state index in [1.165, 1.54) is 37.9 Å². The van der Waals surface area contributed by atoms with Crippen molar-refractivity contribution in [2.24, 2.45) is 0 Å². The van der Waals surface area contributed by atoms with E-state index in [2.05, 4.69) is 91.0 Å². The van der Waals surface area contributed by atoms with Crippen molar-refractivity contribution >= 4 is 43.4 Å². The van der Waals surface area contributed by atoms with E-state index in [1.807, 2.05) is 78.9 Å². The third kappa shape index (κ3) is 5.11. The molecule has 0 saturated carbocycles. The highest BCUT2D eigenvalue weighted by atomic mass is 16.3. The van der Waals surface area contributed by atoms with E-state index >= 15 is 0 Å². The van der Waals surface area contributed by atoms with Crippen molar-refractivity contribution in [3.63, 3.8) is 0 Å². The summed E-state index contributed by atoms with van der Waals surface area (Å²) < 4.78 is 6.26. The van der Waals surface area contributed by atoms with Crippen molar-refractivity contribution in [2.75, 3.05) is 0 Å². The summed E-state index contributed by atoms with van der Waals surface area (Å²) in [6, 6.07) is 58.4. The number of fused-ring (bicyclic) bond motifs is 7. The van der Waals surface area contributed by atoms with E-state index in [-0.39, 0.29) is 0 Å². The van der Waals surface area contributed by atoms with Crippen LogP contribution in [0.3, 0.4) is 0 Å². The molecule has 2 heterocycles. The van der Waals surface area contributed by atoms with Gasteiger partial charge < -0.3 is 4.42 Å². The van der Waals surface area contributed by atoms with Crippen LogP contribution in [0.25, 0.3) is 100 Å². The fraction of sp³-hybridized carbons (Fsp3) is 0. The van der Waals surface area contributed by atoms with Gasteiger partial charge in [-0.2, -0.15) is 0 Å². The summed E-state index contributed by atoms with van der Waals surface area (Å²) in [7, 11) is 0. The van der Waals surface area contributed by atoms with Gasteiger partial charge in [-0.25, -0.2) is 19.9 Å². The van der Waals surface area contributed by atoms with Gasteiger partial charge in [-0.3, -0.25) is 0 Å². The Morgan fingerprint density at radius 1 is 0.294 bits per heavy atom. The van der Waals surface area contributed by atoms with E-state index < -0.39 is 0 Å². The standard InChI is InChI=1S/C46H28N4O/c1-3-11-30(12-4-1)43-48-44(31-13-5-2-6-14-31)50-45(49-43)34-24-26-42-41(28-34)47-46(51-42)32-21-19-29(20-22-32)33-23-25-39-37-17-8-7-15-35(37)36-16-9-10-18-38(36)40(39)27-33/h1-28H. The molecule has 5 heteroatoms. The second-order valence-electron chi connectivity index (χ2n) is 12.7. The summed E-state index contributed by atoms with van der Waals surface area (Å²) in [6.45, 7) is 0. The second kappa shape index (κ2) is 11.9. The number of benzene rings is 8. The first-order valence-corrected chi connectivity index (χ1v) is 17.0. The summed E-state index contributed by atoms with van der Waals surface area (Å²) in [6.07, 6.45) is 0. The van der Waals surface area contributed by atoms with Gasteiger partial charge in [0.1, 0.15) is 5.52 Å². The molecule has 0 saturated heterocycles. The van der Waals surface area contributed by atoms with Crippen LogP contribution in [0.5, 0.6) is 0 Å². The fourth-order valence-electron chi connectivity index (χ4n) is 7.02. The topological polar surface area (TPSA) is 64.7 Å². The molecular formula is C46H28N4O. The highest BCUT2D eigenvalue weighted by Crippen LogP contribution is 2.37. The molecule has 0 spiro atoms. The predicted molar refractivity (Wildman–Crippen MR) is 207 cm³/mol. The molecule has 5 nitrogen and oxygen atoms in total. The van der Waals surface area contributed by atoms with Gasteiger partial charge in [-0.1, -0.05) is 133 Å². The zero-order valence-electron chi connectivity index (χ0n) is 27.4. The maximum Gasteiger partial charge on any atom is 0.227 e. The van der Waals surface area contributed by atoms with Crippen LogP contribution in [0.2, 0.25) is 0 Å². The van der Waals surface area contributed by atoms with Gasteiger partial charge in [-0.15, -0.1) is 0 Å². The molecule has 0 atom stereocenters.